The summed E-state index contributed by atoms with van der Waals surface area (Å²) >= 11 is 0. The van der Waals surface area contributed by atoms with Gasteiger partial charge >= 0.3 is 5.69 Å². The van der Waals surface area contributed by atoms with Gasteiger partial charge in [-0.1, -0.05) is 6.07 Å². The monoisotopic (exact) mass is 344 g/mol. The number of H-pyrrole nitrogens is 1. The molecule has 0 saturated heterocycles. The van der Waals surface area contributed by atoms with Crippen LogP contribution in [0.25, 0.3) is 0 Å². The molecule has 0 spiro atoms. The van der Waals surface area contributed by atoms with Crippen LogP contribution < -0.4 is 16.6 Å². The van der Waals surface area contributed by atoms with Gasteiger partial charge in [-0.25, -0.2) is 4.79 Å². The summed E-state index contributed by atoms with van der Waals surface area (Å²) in [7, 11) is 1.46. The summed E-state index contributed by atoms with van der Waals surface area (Å²) in [5.41, 5.74) is -0.587. The third-order valence-corrected chi connectivity index (χ3v) is 4.54. The molecule has 0 radical (unpaired) electrons. The van der Waals surface area contributed by atoms with Crippen molar-refractivity contribution in [3.8, 4) is 0 Å². The molecule has 2 aromatic heterocycles. The van der Waals surface area contributed by atoms with E-state index in [-0.39, 0.29) is 23.6 Å². The smallest absolute Gasteiger partial charge is 0.328 e. The SMILES string of the molecule is Cn1cc(C(=O)N[C@H](Cc2ccccn2)C2CC(O)C2)c(=O)[nH]c1=O. The average Bonchev–Trinajstić information content (AvgIpc) is 2.55. The van der Waals surface area contributed by atoms with E-state index in [1.54, 1.807) is 6.20 Å². The van der Waals surface area contributed by atoms with Gasteiger partial charge in [-0.15, -0.1) is 0 Å². The lowest BCUT2D eigenvalue weighted by atomic mass is 9.76. The van der Waals surface area contributed by atoms with Crippen LogP contribution in [0.15, 0.2) is 40.2 Å². The fraction of sp³-hybridized carbons (Fsp3) is 0.412. The van der Waals surface area contributed by atoms with E-state index < -0.39 is 17.2 Å². The van der Waals surface area contributed by atoms with Gasteiger partial charge in [-0.05, 0) is 30.9 Å². The van der Waals surface area contributed by atoms with Crippen LogP contribution in [-0.4, -0.2) is 37.7 Å². The number of carbonyl (C=O) groups is 1. The Balaban J connectivity index is 1.80. The highest BCUT2D eigenvalue weighted by Gasteiger charge is 2.35. The Bertz CT molecular complexity index is 868. The highest BCUT2D eigenvalue weighted by Crippen LogP contribution is 2.31. The lowest BCUT2D eigenvalue weighted by molar-refractivity contribution is 0.0237. The van der Waals surface area contributed by atoms with Gasteiger partial charge in [-0.2, -0.15) is 0 Å². The predicted octanol–water partition coefficient (Wildman–Crippen LogP) is -0.419. The van der Waals surface area contributed by atoms with Crippen LogP contribution in [0.4, 0.5) is 0 Å². The van der Waals surface area contributed by atoms with E-state index >= 15 is 0 Å². The molecule has 1 saturated carbocycles. The van der Waals surface area contributed by atoms with Crippen molar-refractivity contribution in [2.75, 3.05) is 0 Å². The molecule has 1 amide bonds. The molecule has 0 aliphatic heterocycles. The van der Waals surface area contributed by atoms with E-state index in [4.69, 9.17) is 0 Å². The molecule has 1 aliphatic rings. The van der Waals surface area contributed by atoms with Crippen LogP contribution in [0.5, 0.6) is 0 Å². The number of rotatable bonds is 5. The zero-order valence-electron chi connectivity index (χ0n) is 13.8. The number of aliphatic hydroxyl groups is 1. The number of aliphatic hydroxyl groups excluding tert-OH is 1. The van der Waals surface area contributed by atoms with Gasteiger partial charge < -0.3 is 15.0 Å². The van der Waals surface area contributed by atoms with E-state index in [1.807, 2.05) is 18.2 Å². The number of hydrogen-bond donors (Lipinski definition) is 3. The Kier molecular flexibility index (Phi) is 4.80. The quantitative estimate of drug-likeness (QED) is 0.681. The third-order valence-electron chi connectivity index (χ3n) is 4.54. The molecule has 2 aromatic rings. The molecular weight excluding hydrogens is 324 g/mol. The van der Waals surface area contributed by atoms with Gasteiger partial charge in [0.2, 0.25) is 0 Å². The number of pyridine rings is 1. The van der Waals surface area contributed by atoms with Crippen molar-refractivity contribution in [2.45, 2.75) is 31.4 Å². The summed E-state index contributed by atoms with van der Waals surface area (Å²) in [6.45, 7) is 0. The fourth-order valence-electron chi connectivity index (χ4n) is 3.01. The van der Waals surface area contributed by atoms with E-state index in [0.29, 0.717) is 19.3 Å². The Morgan fingerprint density at radius 2 is 2.20 bits per heavy atom. The molecule has 0 aromatic carbocycles. The summed E-state index contributed by atoms with van der Waals surface area (Å²) in [5, 5.41) is 12.4. The average molecular weight is 344 g/mol. The first-order valence-corrected chi connectivity index (χ1v) is 8.13. The second-order valence-corrected chi connectivity index (χ2v) is 6.40. The molecule has 2 heterocycles. The van der Waals surface area contributed by atoms with Crippen molar-refractivity contribution in [3.63, 3.8) is 0 Å². The molecule has 1 aliphatic carbocycles. The Morgan fingerprint density at radius 3 is 2.84 bits per heavy atom. The second kappa shape index (κ2) is 7.02. The number of carbonyl (C=O) groups excluding carboxylic acids is 1. The minimum Gasteiger partial charge on any atom is -0.393 e. The zero-order valence-corrected chi connectivity index (χ0v) is 13.8. The maximum absolute atomic E-state index is 12.5. The highest BCUT2D eigenvalue weighted by molar-refractivity contribution is 5.93. The number of aromatic amines is 1. The summed E-state index contributed by atoms with van der Waals surface area (Å²) in [5.74, 6) is -0.424. The third kappa shape index (κ3) is 3.85. The first-order valence-electron chi connectivity index (χ1n) is 8.13. The minimum atomic E-state index is -0.717. The number of nitrogens with one attached hydrogen (secondary N) is 2. The van der Waals surface area contributed by atoms with E-state index in [0.717, 1.165) is 10.3 Å². The van der Waals surface area contributed by atoms with Gasteiger partial charge in [-0.3, -0.25) is 19.6 Å². The van der Waals surface area contributed by atoms with Crippen LogP contribution in [0.2, 0.25) is 0 Å². The summed E-state index contributed by atoms with van der Waals surface area (Å²) in [6, 6.07) is 5.30. The maximum Gasteiger partial charge on any atom is 0.328 e. The Morgan fingerprint density at radius 1 is 1.44 bits per heavy atom. The number of aryl methyl sites for hydroxylation is 1. The van der Waals surface area contributed by atoms with Crippen LogP contribution in [-0.2, 0) is 13.5 Å². The minimum absolute atomic E-state index is 0.118. The van der Waals surface area contributed by atoms with Gasteiger partial charge in [0.15, 0.2) is 0 Å². The summed E-state index contributed by atoms with van der Waals surface area (Å²) < 4.78 is 1.15. The first-order chi connectivity index (χ1) is 11.9. The molecule has 1 atom stereocenters. The van der Waals surface area contributed by atoms with E-state index in [2.05, 4.69) is 15.3 Å². The lowest BCUT2D eigenvalue weighted by Gasteiger charge is -2.38. The van der Waals surface area contributed by atoms with Crippen molar-refractivity contribution in [1.29, 1.82) is 0 Å². The Labute approximate surface area is 143 Å². The molecule has 0 bridgehead atoms. The van der Waals surface area contributed by atoms with Crippen LogP contribution >= 0.6 is 0 Å². The van der Waals surface area contributed by atoms with Gasteiger partial charge in [0.1, 0.15) is 5.56 Å². The molecule has 1 fully saturated rings. The van der Waals surface area contributed by atoms with Crippen molar-refractivity contribution in [2.24, 2.45) is 13.0 Å². The van der Waals surface area contributed by atoms with Gasteiger partial charge in [0, 0.05) is 37.6 Å². The maximum atomic E-state index is 12.5. The first kappa shape index (κ1) is 17.1. The second-order valence-electron chi connectivity index (χ2n) is 6.40. The normalized spacial score (nSPS) is 20.6. The topological polar surface area (TPSA) is 117 Å². The van der Waals surface area contributed by atoms with Crippen molar-refractivity contribution in [1.82, 2.24) is 19.9 Å². The van der Waals surface area contributed by atoms with Crippen molar-refractivity contribution in [3.05, 3.63) is 62.7 Å². The molecule has 3 N–H and O–H groups in total. The summed E-state index contributed by atoms with van der Waals surface area (Å²) in [6.07, 6.45) is 4.26. The molecule has 8 nitrogen and oxygen atoms in total. The number of amides is 1. The number of hydrogen-bond acceptors (Lipinski definition) is 5. The molecule has 25 heavy (non-hydrogen) atoms. The fourth-order valence-corrected chi connectivity index (χ4v) is 3.01. The van der Waals surface area contributed by atoms with Crippen LogP contribution in [0, 0.1) is 5.92 Å². The number of nitrogens with zero attached hydrogens (tertiary/aromatic N) is 2. The van der Waals surface area contributed by atoms with Gasteiger partial charge in [0.05, 0.1) is 6.10 Å². The largest absolute Gasteiger partial charge is 0.393 e. The molecule has 3 rings (SSSR count). The number of aromatic nitrogens is 3. The zero-order chi connectivity index (χ0) is 18.0. The van der Waals surface area contributed by atoms with Crippen molar-refractivity contribution >= 4 is 5.91 Å². The molecule has 132 valence electrons. The Hall–Kier alpha value is -2.74. The molecular formula is C17H20N4O4. The predicted molar refractivity (Wildman–Crippen MR) is 90.2 cm³/mol. The van der Waals surface area contributed by atoms with Crippen molar-refractivity contribution < 1.29 is 9.90 Å². The molecule has 0 unspecified atom stereocenters. The molecule has 8 heteroatoms. The summed E-state index contributed by atoms with van der Waals surface area (Å²) in [4.78, 5) is 42.2. The van der Waals surface area contributed by atoms with E-state index in [9.17, 15) is 19.5 Å². The lowest BCUT2D eigenvalue weighted by Crippen LogP contribution is -2.49. The van der Waals surface area contributed by atoms with Crippen LogP contribution in [0.1, 0.15) is 28.9 Å². The van der Waals surface area contributed by atoms with Gasteiger partial charge in [0.25, 0.3) is 11.5 Å². The van der Waals surface area contributed by atoms with Crippen LogP contribution in [0.3, 0.4) is 0 Å². The highest BCUT2D eigenvalue weighted by atomic mass is 16.3. The standard InChI is InChI=1S/C17H20N4O4/c1-21-9-13(16(24)20-17(21)25)15(23)19-14(10-6-12(22)7-10)8-11-4-2-3-5-18-11/h2-5,9-10,12,14,22H,6-8H2,1H3,(H,19,23)(H,20,24,25)/t10?,12?,14-/m1/s1. The van der Waals surface area contributed by atoms with E-state index in [1.165, 1.54) is 13.2 Å².